The van der Waals surface area contributed by atoms with Crippen LogP contribution in [0.4, 0.5) is 0 Å². The summed E-state index contributed by atoms with van der Waals surface area (Å²) in [5.41, 5.74) is 0.984. The SMILES string of the molecule is COc1ccc(C23CCC(C(=O)O)(C2)C3)cc1. The highest BCUT2D eigenvalue weighted by atomic mass is 16.5. The van der Waals surface area contributed by atoms with Crippen molar-refractivity contribution in [3.05, 3.63) is 29.8 Å². The van der Waals surface area contributed by atoms with Crippen LogP contribution in [0.1, 0.15) is 31.2 Å². The van der Waals surface area contributed by atoms with E-state index in [1.54, 1.807) is 7.11 Å². The molecule has 3 aliphatic carbocycles. The fraction of sp³-hybridized carbons (Fsp3) is 0.500. The van der Waals surface area contributed by atoms with E-state index in [-0.39, 0.29) is 5.41 Å². The van der Waals surface area contributed by atoms with Crippen molar-refractivity contribution < 1.29 is 14.6 Å². The maximum atomic E-state index is 11.2. The molecule has 0 amide bonds. The molecule has 1 aromatic carbocycles. The summed E-state index contributed by atoms with van der Waals surface area (Å²) in [6.45, 7) is 0. The monoisotopic (exact) mass is 232 g/mol. The number of ether oxygens (including phenoxy) is 1. The third-order valence-corrected chi connectivity index (χ3v) is 4.59. The summed E-state index contributed by atoms with van der Waals surface area (Å²) in [4.78, 5) is 11.2. The summed E-state index contributed by atoms with van der Waals surface area (Å²) in [6.07, 6.45) is 3.45. The van der Waals surface area contributed by atoms with Crippen molar-refractivity contribution in [3.63, 3.8) is 0 Å². The first-order valence-electron chi connectivity index (χ1n) is 5.98. The molecule has 2 bridgehead atoms. The van der Waals surface area contributed by atoms with Crippen LogP contribution in [0.15, 0.2) is 24.3 Å². The fourth-order valence-corrected chi connectivity index (χ4v) is 3.63. The number of rotatable bonds is 3. The first-order chi connectivity index (χ1) is 8.10. The summed E-state index contributed by atoms with van der Waals surface area (Å²) in [6, 6.07) is 8.08. The van der Waals surface area contributed by atoms with E-state index >= 15 is 0 Å². The zero-order valence-electron chi connectivity index (χ0n) is 9.90. The van der Waals surface area contributed by atoms with E-state index in [1.807, 2.05) is 12.1 Å². The van der Waals surface area contributed by atoms with Crippen LogP contribution in [0.5, 0.6) is 5.75 Å². The molecule has 90 valence electrons. The largest absolute Gasteiger partial charge is 0.497 e. The Hall–Kier alpha value is -1.51. The molecule has 0 aliphatic heterocycles. The van der Waals surface area contributed by atoms with Crippen LogP contribution in [-0.4, -0.2) is 18.2 Å². The minimum absolute atomic E-state index is 0.130. The number of carbonyl (C=O) groups is 1. The van der Waals surface area contributed by atoms with Gasteiger partial charge in [-0.05, 0) is 48.8 Å². The summed E-state index contributed by atoms with van der Waals surface area (Å²) >= 11 is 0. The molecule has 17 heavy (non-hydrogen) atoms. The molecule has 0 radical (unpaired) electrons. The van der Waals surface area contributed by atoms with Crippen molar-refractivity contribution in [1.29, 1.82) is 0 Å². The summed E-state index contributed by atoms with van der Waals surface area (Å²) in [5.74, 6) is 0.242. The Morgan fingerprint density at radius 2 is 1.88 bits per heavy atom. The number of carboxylic acids is 1. The van der Waals surface area contributed by atoms with Crippen molar-refractivity contribution in [1.82, 2.24) is 0 Å². The van der Waals surface area contributed by atoms with Gasteiger partial charge in [-0.25, -0.2) is 0 Å². The van der Waals surface area contributed by atoms with Gasteiger partial charge in [-0.1, -0.05) is 12.1 Å². The van der Waals surface area contributed by atoms with Gasteiger partial charge in [0.15, 0.2) is 0 Å². The number of methoxy groups -OCH3 is 1. The van der Waals surface area contributed by atoms with Crippen LogP contribution >= 0.6 is 0 Å². The average Bonchev–Trinajstić information content (AvgIpc) is 2.86. The van der Waals surface area contributed by atoms with E-state index in [1.165, 1.54) is 5.56 Å². The second-order valence-electron chi connectivity index (χ2n) is 5.45. The molecule has 0 saturated heterocycles. The lowest BCUT2D eigenvalue weighted by molar-refractivity contribution is -0.154. The first-order valence-corrected chi connectivity index (χ1v) is 5.98. The van der Waals surface area contributed by atoms with Crippen LogP contribution in [0.2, 0.25) is 0 Å². The van der Waals surface area contributed by atoms with E-state index in [4.69, 9.17) is 4.74 Å². The lowest BCUT2D eigenvalue weighted by Crippen LogP contribution is -2.45. The van der Waals surface area contributed by atoms with Gasteiger partial charge in [0.2, 0.25) is 0 Å². The zero-order chi connectivity index (χ0) is 12.1. The smallest absolute Gasteiger partial charge is 0.309 e. The van der Waals surface area contributed by atoms with Crippen molar-refractivity contribution in [2.45, 2.75) is 31.1 Å². The predicted molar refractivity (Wildman–Crippen MR) is 63.2 cm³/mol. The molecule has 0 heterocycles. The van der Waals surface area contributed by atoms with Gasteiger partial charge in [0.05, 0.1) is 12.5 Å². The zero-order valence-corrected chi connectivity index (χ0v) is 9.90. The molecule has 1 N–H and O–H groups in total. The second kappa shape index (κ2) is 3.25. The van der Waals surface area contributed by atoms with Crippen LogP contribution in [-0.2, 0) is 10.2 Å². The topological polar surface area (TPSA) is 46.5 Å². The van der Waals surface area contributed by atoms with E-state index in [0.717, 1.165) is 31.4 Å². The van der Waals surface area contributed by atoms with Gasteiger partial charge in [-0.15, -0.1) is 0 Å². The van der Waals surface area contributed by atoms with E-state index in [9.17, 15) is 9.90 Å². The minimum atomic E-state index is -0.612. The van der Waals surface area contributed by atoms with E-state index in [0.29, 0.717) is 0 Å². The minimum Gasteiger partial charge on any atom is -0.497 e. The Labute approximate surface area is 100 Å². The average molecular weight is 232 g/mol. The van der Waals surface area contributed by atoms with Crippen LogP contribution in [0.25, 0.3) is 0 Å². The molecule has 0 spiro atoms. The Bertz CT molecular complexity index is 455. The summed E-state index contributed by atoms with van der Waals surface area (Å²) in [5, 5.41) is 9.23. The number of fused-ring (bicyclic) bond motifs is 1. The second-order valence-corrected chi connectivity index (χ2v) is 5.45. The van der Waals surface area contributed by atoms with Crippen molar-refractivity contribution >= 4 is 5.97 Å². The summed E-state index contributed by atoms with van der Waals surface area (Å²) in [7, 11) is 1.65. The fourth-order valence-electron chi connectivity index (χ4n) is 3.63. The molecule has 1 aromatic rings. The lowest BCUT2D eigenvalue weighted by atomic mass is 9.57. The number of benzene rings is 1. The Morgan fingerprint density at radius 1 is 1.24 bits per heavy atom. The predicted octanol–water partition coefficient (Wildman–Crippen LogP) is 2.59. The normalized spacial score (nSPS) is 34.2. The van der Waals surface area contributed by atoms with Gasteiger partial charge in [-0.2, -0.15) is 0 Å². The molecule has 3 heteroatoms. The number of hydrogen-bond donors (Lipinski definition) is 1. The quantitative estimate of drug-likeness (QED) is 0.871. The highest BCUT2D eigenvalue weighted by Crippen LogP contribution is 2.67. The van der Waals surface area contributed by atoms with E-state index in [2.05, 4.69) is 12.1 Å². The first kappa shape index (κ1) is 10.6. The molecule has 3 aliphatic rings. The lowest BCUT2D eigenvalue weighted by Gasteiger charge is -2.45. The third kappa shape index (κ3) is 1.31. The maximum absolute atomic E-state index is 11.2. The molecule has 3 saturated carbocycles. The molecule has 4 rings (SSSR count). The maximum Gasteiger partial charge on any atom is 0.309 e. The molecule has 0 aromatic heterocycles. The van der Waals surface area contributed by atoms with Gasteiger partial charge >= 0.3 is 5.97 Å². The van der Waals surface area contributed by atoms with Crippen LogP contribution < -0.4 is 4.74 Å². The highest BCUT2D eigenvalue weighted by molar-refractivity contribution is 5.78. The van der Waals surface area contributed by atoms with Crippen LogP contribution in [0.3, 0.4) is 0 Å². The Balaban J connectivity index is 1.85. The van der Waals surface area contributed by atoms with Gasteiger partial charge < -0.3 is 9.84 Å². The van der Waals surface area contributed by atoms with Gasteiger partial charge in [0.25, 0.3) is 0 Å². The molecular formula is C14H16O3. The number of hydrogen-bond acceptors (Lipinski definition) is 2. The van der Waals surface area contributed by atoms with Crippen molar-refractivity contribution in [3.8, 4) is 5.75 Å². The number of carboxylic acid groups (broad SMARTS) is 1. The molecule has 0 unspecified atom stereocenters. The molecule has 0 atom stereocenters. The van der Waals surface area contributed by atoms with Gasteiger partial charge in [-0.3, -0.25) is 4.79 Å². The summed E-state index contributed by atoms with van der Waals surface area (Å²) < 4.78 is 5.14. The van der Waals surface area contributed by atoms with Gasteiger partial charge in [0.1, 0.15) is 5.75 Å². The Morgan fingerprint density at radius 3 is 2.35 bits per heavy atom. The molecular weight excluding hydrogens is 216 g/mol. The standard InChI is InChI=1S/C14H16O3/c1-17-11-4-2-10(3-5-11)13-6-7-14(8-13,9-13)12(15)16/h2-5H,6-9H2,1H3,(H,15,16). The number of aliphatic carboxylic acids is 1. The van der Waals surface area contributed by atoms with E-state index < -0.39 is 11.4 Å². The molecule has 3 fully saturated rings. The highest BCUT2D eigenvalue weighted by Gasteiger charge is 2.65. The van der Waals surface area contributed by atoms with Gasteiger partial charge in [0, 0.05) is 0 Å². The Kier molecular flexibility index (Phi) is 2.03. The van der Waals surface area contributed by atoms with Crippen LogP contribution in [0, 0.1) is 5.41 Å². The van der Waals surface area contributed by atoms with Crippen molar-refractivity contribution in [2.75, 3.05) is 7.11 Å². The molecule has 3 nitrogen and oxygen atoms in total. The third-order valence-electron chi connectivity index (χ3n) is 4.59. The van der Waals surface area contributed by atoms with Crippen molar-refractivity contribution in [2.24, 2.45) is 5.41 Å².